The summed E-state index contributed by atoms with van der Waals surface area (Å²) in [7, 11) is 1.65. The molecule has 1 saturated heterocycles. The summed E-state index contributed by atoms with van der Waals surface area (Å²) in [6.45, 7) is 1.21. The summed E-state index contributed by atoms with van der Waals surface area (Å²) >= 11 is 0. The van der Waals surface area contributed by atoms with E-state index in [4.69, 9.17) is 9.47 Å². The molecule has 1 heterocycles. The summed E-state index contributed by atoms with van der Waals surface area (Å²) in [5.41, 5.74) is 1.95. The molecule has 3 rings (SSSR count). The van der Waals surface area contributed by atoms with Crippen molar-refractivity contribution in [3.63, 3.8) is 0 Å². The number of hydrogen-bond acceptors (Lipinski definition) is 4. The molecule has 0 bridgehead atoms. The molecule has 0 aromatic heterocycles. The van der Waals surface area contributed by atoms with Crippen LogP contribution >= 0.6 is 0 Å². The third kappa shape index (κ3) is 5.45. The number of carbonyl (C=O) groups is 1. The molecule has 0 unspecified atom stereocenters. The Hall–Kier alpha value is -2.57. The molecule has 0 aliphatic carbocycles. The Morgan fingerprint density at radius 2 is 2.04 bits per heavy atom. The number of amides is 2. The minimum Gasteiger partial charge on any atom is -0.494 e. The molecule has 1 aliphatic rings. The first kappa shape index (κ1) is 19.2. The van der Waals surface area contributed by atoms with E-state index in [0.717, 1.165) is 12.8 Å². The highest BCUT2D eigenvalue weighted by molar-refractivity contribution is 5.89. The molecule has 0 spiro atoms. The van der Waals surface area contributed by atoms with Crippen molar-refractivity contribution in [2.75, 3.05) is 32.2 Å². The molecule has 0 radical (unpaired) electrons. The molecule has 2 aromatic carbocycles. The lowest BCUT2D eigenvalue weighted by atomic mass is 10.1. The monoisotopic (exact) mass is 370 g/mol. The maximum atomic E-state index is 12.4. The fourth-order valence-corrected chi connectivity index (χ4v) is 3.04. The minimum atomic E-state index is -0.653. The molecule has 0 saturated carbocycles. The van der Waals surface area contributed by atoms with Crippen LogP contribution in [-0.4, -0.2) is 55.1 Å². The number of carbonyl (C=O) groups excluding carboxylic acids is 1. The zero-order chi connectivity index (χ0) is 19.1. The summed E-state index contributed by atoms with van der Waals surface area (Å²) in [5.74, 6) is 0.716. The first-order valence-corrected chi connectivity index (χ1v) is 9.20. The van der Waals surface area contributed by atoms with Gasteiger partial charge in [0.2, 0.25) is 0 Å². The predicted octanol–water partition coefficient (Wildman–Crippen LogP) is 2.92. The van der Waals surface area contributed by atoms with Crippen LogP contribution in [0.5, 0.6) is 5.75 Å². The Balaban J connectivity index is 1.47. The quantitative estimate of drug-likeness (QED) is 0.735. The van der Waals surface area contributed by atoms with E-state index in [0.29, 0.717) is 24.7 Å². The summed E-state index contributed by atoms with van der Waals surface area (Å²) < 4.78 is 11.0. The van der Waals surface area contributed by atoms with Gasteiger partial charge >= 0.3 is 6.03 Å². The maximum Gasteiger partial charge on any atom is 0.322 e. The van der Waals surface area contributed by atoms with E-state index >= 15 is 0 Å². The maximum absolute atomic E-state index is 12.4. The normalized spacial score (nSPS) is 18.9. The van der Waals surface area contributed by atoms with Crippen LogP contribution in [0.2, 0.25) is 0 Å². The zero-order valence-corrected chi connectivity index (χ0v) is 15.5. The van der Waals surface area contributed by atoms with Gasteiger partial charge in [0, 0.05) is 18.8 Å². The number of likely N-dealkylation sites (N-methyl/N-ethyl adjacent to an activating group) is 1. The number of ether oxygens (including phenoxy) is 2. The van der Waals surface area contributed by atoms with Gasteiger partial charge in [-0.2, -0.15) is 0 Å². The molecule has 6 heteroatoms. The molecule has 1 fully saturated rings. The number of urea groups is 1. The van der Waals surface area contributed by atoms with E-state index in [1.807, 2.05) is 36.4 Å². The largest absolute Gasteiger partial charge is 0.494 e. The van der Waals surface area contributed by atoms with E-state index in [2.05, 4.69) is 17.4 Å². The second-order valence-electron chi connectivity index (χ2n) is 6.68. The molecule has 2 aromatic rings. The van der Waals surface area contributed by atoms with E-state index < -0.39 is 6.10 Å². The topological polar surface area (TPSA) is 71.0 Å². The number of aliphatic hydroxyl groups is 1. The van der Waals surface area contributed by atoms with Crippen molar-refractivity contribution in [1.29, 1.82) is 0 Å². The molecule has 144 valence electrons. The van der Waals surface area contributed by atoms with Crippen LogP contribution in [0.3, 0.4) is 0 Å². The Bertz CT molecular complexity index is 738. The fraction of sp³-hybridized carbons (Fsp3) is 0.381. The Labute approximate surface area is 159 Å². The zero-order valence-electron chi connectivity index (χ0n) is 15.5. The van der Waals surface area contributed by atoms with Gasteiger partial charge in [-0.25, -0.2) is 4.79 Å². The lowest BCUT2D eigenvalue weighted by Crippen LogP contribution is -2.45. The number of rotatable bonds is 7. The van der Waals surface area contributed by atoms with Crippen molar-refractivity contribution in [3.8, 4) is 5.75 Å². The number of aliphatic hydroxyl groups excluding tert-OH is 1. The van der Waals surface area contributed by atoms with Gasteiger partial charge in [-0.1, -0.05) is 36.4 Å². The van der Waals surface area contributed by atoms with Gasteiger partial charge in [0.1, 0.15) is 5.75 Å². The number of nitrogens with zero attached hydrogens (tertiary/aromatic N) is 1. The van der Waals surface area contributed by atoms with Crippen LogP contribution in [-0.2, 0) is 11.2 Å². The van der Waals surface area contributed by atoms with E-state index in [9.17, 15) is 9.90 Å². The second-order valence-corrected chi connectivity index (χ2v) is 6.68. The second kappa shape index (κ2) is 9.39. The Morgan fingerprint density at radius 3 is 2.78 bits per heavy atom. The first-order valence-electron chi connectivity index (χ1n) is 9.20. The molecule has 1 aliphatic heterocycles. The van der Waals surface area contributed by atoms with Gasteiger partial charge in [-0.15, -0.1) is 0 Å². The fourth-order valence-electron chi connectivity index (χ4n) is 3.04. The molecule has 2 amide bonds. The van der Waals surface area contributed by atoms with Crippen LogP contribution < -0.4 is 10.1 Å². The van der Waals surface area contributed by atoms with Gasteiger partial charge in [0.25, 0.3) is 0 Å². The molecule has 27 heavy (non-hydrogen) atoms. The third-order valence-corrected chi connectivity index (χ3v) is 4.65. The van der Waals surface area contributed by atoms with Crippen LogP contribution in [0, 0.1) is 0 Å². The lowest BCUT2D eigenvalue weighted by molar-refractivity contribution is 0.106. The SMILES string of the molecule is CN(C(=O)Nc1cccc(OCCCc2ccccc2)c1)[C@@H]1COC[C@H]1O. The highest BCUT2D eigenvalue weighted by Crippen LogP contribution is 2.19. The van der Waals surface area contributed by atoms with Crippen molar-refractivity contribution in [1.82, 2.24) is 4.90 Å². The first-order chi connectivity index (χ1) is 13.1. The Kier molecular flexibility index (Phi) is 6.68. The van der Waals surface area contributed by atoms with Crippen LogP contribution in [0.4, 0.5) is 10.5 Å². The number of benzene rings is 2. The summed E-state index contributed by atoms with van der Waals surface area (Å²) in [4.78, 5) is 13.9. The van der Waals surface area contributed by atoms with Crippen LogP contribution in [0.15, 0.2) is 54.6 Å². The number of nitrogens with one attached hydrogen (secondary N) is 1. The Morgan fingerprint density at radius 1 is 1.22 bits per heavy atom. The van der Waals surface area contributed by atoms with Gasteiger partial charge in [0.15, 0.2) is 0 Å². The summed E-state index contributed by atoms with van der Waals surface area (Å²) in [6, 6.07) is 17.0. The van der Waals surface area contributed by atoms with Gasteiger partial charge in [-0.3, -0.25) is 0 Å². The minimum absolute atomic E-state index is 0.259. The van der Waals surface area contributed by atoms with E-state index in [1.54, 1.807) is 13.1 Å². The molecule has 6 nitrogen and oxygen atoms in total. The highest BCUT2D eigenvalue weighted by Gasteiger charge is 2.32. The molecule has 2 atom stereocenters. The van der Waals surface area contributed by atoms with Gasteiger partial charge in [0.05, 0.1) is 32.0 Å². The highest BCUT2D eigenvalue weighted by atomic mass is 16.5. The standard InChI is InChI=1S/C21H26N2O4/c1-23(19-14-26-15-20(19)24)21(25)22-17-10-5-11-18(13-17)27-12-6-9-16-7-3-2-4-8-16/h2-5,7-8,10-11,13,19-20,24H,6,9,12,14-15H2,1H3,(H,22,25)/t19-,20-/m1/s1. The number of anilines is 1. The van der Waals surface area contributed by atoms with Crippen molar-refractivity contribution in [3.05, 3.63) is 60.2 Å². The van der Waals surface area contributed by atoms with Crippen molar-refractivity contribution in [2.45, 2.75) is 25.0 Å². The van der Waals surface area contributed by atoms with Crippen molar-refractivity contribution >= 4 is 11.7 Å². The lowest BCUT2D eigenvalue weighted by Gasteiger charge is -2.25. The number of aryl methyl sites for hydroxylation is 1. The smallest absolute Gasteiger partial charge is 0.322 e. The molecule has 2 N–H and O–H groups in total. The van der Waals surface area contributed by atoms with Crippen LogP contribution in [0.25, 0.3) is 0 Å². The summed E-state index contributed by atoms with van der Waals surface area (Å²) in [6.07, 6.45) is 1.23. The summed E-state index contributed by atoms with van der Waals surface area (Å²) in [5, 5.41) is 12.7. The molecular formula is C21H26N2O4. The van der Waals surface area contributed by atoms with Gasteiger partial charge in [-0.05, 0) is 30.5 Å². The van der Waals surface area contributed by atoms with Crippen molar-refractivity contribution in [2.24, 2.45) is 0 Å². The van der Waals surface area contributed by atoms with E-state index in [-0.39, 0.29) is 18.7 Å². The third-order valence-electron chi connectivity index (χ3n) is 4.65. The average Bonchev–Trinajstić information content (AvgIpc) is 3.11. The number of hydrogen-bond donors (Lipinski definition) is 2. The van der Waals surface area contributed by atoms with Crippen molar-refractivity contribution < 1.29 is 19.4 Å². The van der Waals surface area contributed by atoms with E-state index in [1.165, 1.54) is 10.5 Å². The predicted molar refractivity (Wildman–Crippen MR) is 104 cm³/mol. The average molecular weight is 370 g/mol. The molecular weight excluding hydrogens is 344 g/mol. The van der Waals surface area contributed by atoms with Crippen LogP contribution in [0.1, 0.15) is 12.0 Å². The van der Waals surface area contributed by atoms with Gasteiger partial charge < -0.3 is 24.8 Å².